The summed E-state index contributed by atoms with van der Waals surface area (Å²) in [5.74, 6) is 0.292. The predicted octanol–water partition coefficient (Wildman–Crippen LogP) is 5.79. The highest BCUT2D eigenvalue weighted by atomic mass is 16.1. The molecule has 0 bridgehead atoms. The average Bonchev–Trinajstić information content (AvgIpc) is 3.13. The van der Waals surface area contributed by atoms with Gasteiger partial charge in [0.1, 0.15) is 0 Å². The van der Waals surface area contributed by atoms with E-state index in [1.807, 2.05) is 6.92 Å². The first-order chi connectivity index (χ1) is 13.8. The molecule has 1 amide bonds. The van der Waals surface area contributed by atoms with Crippen molar-refractivity contribution in [3.8, 4) is 0 Å². The molecule has 0 radical (unpaired) electrons. The highest BCUT2D eigenvalue weighted by molar-refractivity contribution is 5.93. The first kappa shape index (κ1) is 18.2. The van der Waals surface area contributed by atoms with Gasteiger partial charge in [-0.2, -0.15) is 0 Å². The molecule has 1 N–H and O–H groups in total. The number of carbonyl (C=O) groups excluding carboxylic acids is 1. The summed E-state index contributed by atoms with van der Waals surface area (Å²) >= 11 is 0. The second-order valence-electron chi connectivity index (χ2n) is 7.25. The highest BCUT2D eigenvalue weighted by Gasteiger charge is 2.28. The number of amides is 1. The quantitative estimate of drug-likeness (QED) is 0.587. The van der Waals surface area contributed by atoms with Gasteiger partial charge in [0.2, 0.25) is 5.91 Å². The molecule has 1 aliphatic rings. The Labute approximate surface area is 166 Å². The van der Waals surface area contributed by atoms with E-state index in [2.05, 4.69) is 90.3 Å². The lowest BCUT2D eigenvalue weighted by Crippen LogP contribution is -2.23. The van der Waals surface area contributed by atoms with Crippen molar-refractivity contribution in [1.82, 2.24) is 5.32 Å². The fraction of sp³-hybridized carbons (Fsp3) is 0.192. The van der Waals surface area contributed by atoms with Gasteiger partial charge < -0.3 is 5.32 Å². The van der Waals surface area contributed by atoms with Crippen LogP contribution in [0.25, 0.3) is 11.6 Å². The normalized spacial score (nSPS) is 15.0. The number of nitrogens with one attached hydrogen (secondary N) is 1. The molecule has 0 fully saturated rings. The largest absolute Gasteiger partial charge is 0.352 e. The molecule has 0 heterocycles. The predicted molar refractivity (Wildman–Crippen MR) is 116 cm³/mol. The van der Waals surface area contributed by atoms with Gasteiger partial charge in [-0.05, 0) is 45.9 Å². The summed E-state index contributed by atoms with van der Waals surface area (Å²) in [6.07, 6.45) is 3.75. The van der Waals surface area contributed by atoms with E-state index in [9.17, 15) is 4.79 Å². The van der Waals surface area contributed by atoms with Crippen molar-refractivity contribution < 1.29 is 4.79 Å². The maximum atomic E-state index is 12.0. The van der Waals surface area contributed by atoms with Crippen molar-refractivity contribution in [2.45, 2.75) is 32.2 Å². The Bertz CT molecular complexity index is 1000. The number of rotatable bonds is 6. The van der Waals surface area contributed by atoms with Gasteiger partial charge >= 0.3 is 0 Å². The Morgan fingerprint density at radius 1 is 0.857 bits per heavy atom. The van der Waals surface area contributed by atoms with Crippen molar-refractivity contribution in [2.75, 3.05) is 0 Å². The maximum absolute atomic E-state index is 12.0. The summed E-state index contributed by atoms with van der Waals surface area (Å²) in [5, 5.41) is 3.08. The number of hydrogen-bond acceptors (Lipinski definition) is 1. The molecule has 3 aromatic rings. The third-order valence-electron chi connectivity index (χ3n) is 5.36. The van der Waals surface area contributed by atoms with Crippen molar-refractivity contribution in [3.63, 3.8) is 0 Å². The summed E-state index contributed by atoms with van der Waals surface area (Å²) in [6.45, 7) is 2.59. The smallest absolute Gasteiger partial charge is 0.220 e. The van der Waals surface area contributed by atoms with Crippen LogP contribution in [0.1, 0.15) is 53.5 Å². The van der Waals surface area contributed by atoms with Crippen LogP contribution in [0.4, 0.5) is 0 Å². The molecule has 0 spiro atoms. The van der Waals surface area contributed by atoms with E-state index in [0.29, 0.717) is 13.0 Å². The van der Waals surface area contributed by atoms with Crippen LogP contribution in [-0.2, 0) is 11.3 Å². The second kappa shape index (κ2) is 8.26. The molecule has 0 saturated carbocycles. The zero-order valence-electron chi connectivity index (χ0n) is 16.2. The van der Waals surface area contributed by atoms with E-state index in [1.54, 1.807) is 0 Å². The molecular weight excluding hydrogens is 342 g/mol. The Morgan fingerprint density at radius 3 is 2.32 bits per heavy atom. The van der Waals surface area contributed by atoms with E-state index in [4.69, 9.17) is 0 Å². The third kappa shape index (κ3) is 3.63. The van der Waals surface area contributed by atoms with Crippen molar-refractivity contribution in [3.05, 3.63) is 107 Å². The van der Waals surface area contributed by atoms with Crippen LogP contribution in [0, 0.1) is 0 Å². The molecule has 28 heavy (non-hydrogen) atoms. The lowest BCUT2D eigenvalue weighted by Gasteiger charge is -2.21. The maximum Gasteiger partial charge on any atom is 0.220 e. The standard InChI is InChI=1S/C26H25NO/c1-2-10-25(28)27-18-21-14-7-9-16-23(21)26-22-15-8-6-13-20(22)17-24(26)19-11-4-3-5-12-19/h3-9,11-17,26H,2,10,18H2,1H3,(H,27,28). The molecule has 0 aliphatic heterocycles. The first-order valence-electron chi connectivity index (χ1n) is 9.98. The summed E-state index contributed by atoms with van der Waals surface area (Å²) in [4.78, 5) is 12.0. The minimum Gasteiger partial charge on any atom is -0.352 e. The molecule has 1 atom stereocenters. The topological polar surface area (TPSA) is 29.1 Å². The molecule has 1 aliphatic carbocycles. The van der Waals surface area contributed by atoms with E-state index in [-0.39, 0.29) is 11.8 Å². The summed E-state index contributed by atoms with van der Waals surface area (Å²) in [7, 11) is 0. The number of carbonyl (C=O) groups is 1. The van der Waals surface area contributed by atoms with Crippen molar-refractivity contribution in [2.24, 2.45) is 0 Å². The van der Waals surface area contributed by atoms with Gasteiger partial charge in [-0.3, -0.25) is 4.79 Å². The van der Waals surface area contributed by atoms with E-state index in [1.165, 1.54) is 33.4 Å². The van der Waals surface area contributed by atoms with Crippen LogP contribution in [0.5, 0.6) is 0 Å². The monoisotopic (exact) mass is 367 g/mol. The molecule has 0 aromatic heterocycles. The van der Waals surface area contributed by atoms with Crippen molar-refractivity contribution in [1.29, 1.82) is 0 Å². The molecule has 2 nitrogen and oxygen atoms in total. The van der Waals surface area contributed by atoms with Gasteiger partial charge in [-0.1, -0.05) is 85.8 Å². The van der Waals surface area contributed by atoms with Crippen LogP contribution in [0.3, 0.4) is 0 Å². The zero-order chi connectivity index (χ0) is 19.3. The molecule has 140 valence electrons. The minimum atomic E-state index is 0.114. The first-order valence-corrected chi connectivity index (χ1v) is 9.98. The van der Waals surface area contributed by atoms with Crippen LogP contribution in [-0.4, -0.2) is 5.91 Å². The Kier molecular flexibility index (Phi) is 5.38. The average molecular weight is 367 g/mol. The molecule has 4 rings (SSSR count). The fourth-order valence-electron chi connectivity index (χ4n) is 4.03. The number of hydrogen-bond donors (Lipinski definition) is 1. The van der Waals surface area contributed by atoms with Crippen LogP contribution < -0.4 is 5.32 Å². The number of fused-ring (bicyclic) bond motifs is 1. The molecule has 0 saturated heterocycles. The lowest BCUT2D eigenvalue weighted by atomic mass is 9.83. The Morgan fingerprint density at radius 2 is 1.54 bits per heavy atom. The van der Waals surface area contributed by atoms with Gasteiger partial charge in [-0.15, -0.1) is 0 Å². The number of benzene rings is 3. The van der Waals surface area contributed by atoms with Gasteiger partial charge in [-0.25, -0.2) is 0 Å². The second-order valence-corrected chi connectivity index (χ2v) is 7.25. The summed E-state index contributed by atoms with van der Waals surface area (Å²) in [5.41, 5.74) is 7.60. The van der Waals surface area contributed by atoms with Gasteiger partial charge in [0.05, 0.1) is 0 Å². The lowest BCUT2D eigenvalue weighted by molar-refractivity contribution is -0.121. The van der Waals surface area contributed by atoms with Gasteiger partial charge in [0.15, 0.2) is 0 Å². The van der Waals surface area contributed by atoms with E-state index in [0.717, 1.165) is 6.42 Å². The number of allylic oxidation sites excluding steroid dienone is 1. The van der Waals surface area contributed by atoms with Gasteiger partial charge in [0.25, 0.3) is 0 Å². The van der Waals surface area contributed by atoms with Crippen LogP contribution in [0.2, 0.25) is 0 Å². The molecule has 3 aromatic carbocycles. The third-order valence-corrected chi connectivity index (χ3v) is 5.36. The van der Waals surface area contributed by atoms with Crippen LogP contribution in [0.15, 0.2) is 78.9 Å². The fourth-order valence-corrected chi connectivity index (χ4v) is 4.03. The SMILES string of the molecule is CCCC(=O)NCc1ccccc1C1C(c2ccccc2)=Cc2ccccc21. The Hall–Kier alpha value is -3.13. The molecular formula is C26H25NO. The zero-order valence-corrected chi connectivity index (χ0v) is 16.2. The minimum absolute atomic E-state index is 0.114. The highest BCUT2D eigenvalue weighted by Crippen LogP contribution is 2.46. The van der Waals surface area contributed by atoms with Crippen molar-refractivity contribution >= 4 is 17.6 Å². The summed E-state index contributed by atoms with van der Waals surface area (Å²) in [6, 6.07) is 27.7. The van der Waals surface area contributed by atoms with Crippen LogP contribution >= 0.6 is 0 Å². The molecule has 2 heteroatoms. The Balaban J connectivity index is 1.74. The summed E-state index contributed by atoms with van der Waals surface area (Å²) < 4.78 is 0. The van der Waals surface area contributed by atoms with Gasteiger partial charge in [0, 0.05) is 18.9 Å². The van der Waals surface area contributed by atoms with E-state index < -0.39 is 0 Å². The molecule has 1 unspecified atom stereocenters. The van der Waals surface area contributed by atoms with E-state index >= 15 is 0 Å².